The monoisotopic (exact) mass is 748 g/mol. The molecule has 8 heteroatoms. The molecule has 0 spiro atoms. The van der Waals surface area contributed by atoms with Crippen molar-refractivity contribution >= 4 is 23.8 Å². The van der Waals surface area contributed by atoms with E-state index >= 15 is 0 Å². The Morgan fingerprint density at radius 1 is 0.434 bits per heavy atom. The molecule has 1 amide bonds. The Kier molecular flexibility index (Phi) is 35.9. The molecule has 0 bridgehead atoms. The van der Waals surface area contributed by atoms with Crippen LogP contribution in [0, 0.1) is 12.3 Å². The summed E-state index contributed by atoms with van der Waals surface area (Å²) in [6, 6.07) is 0. The van der Waals surface area contributed by atoms with Gasteiger partial charge >= 0.3 is 17.9 Å². The largest absolute Gasteiger partial charge is 0.463 e. The first-order valence-electron chi connectivity index (χ1n) is 22.0. The molecule has 0 aromatic carbocycles. The number of esters is 3. The smallest absolute Gasteiger partial charge is 0.305 e. The van der Waals surface area contributed by atoms with E-state index in [9.17, 15) is 19.2 Å². The first-order valence-corrected chi connectivity index (χ1v) is 22.0. The van der Waals surface area contributed by atoms with Crippen molar-refractivity contribution in [2.24, 2.45) is 0 Å². The summed E-state index contributed by atoms with van der Waals surface area (Å²) in [5.74, 6) is 0.908. The zero-order valence-corrected chi connectivity index (χ0v) is 34.7. The van der Waals surface area contributed by atoms with Crippen molar-refractivity contribution in [2.45, 2.75) is 232 Å². The standard InChI is InChI=1S/C45H81NO7/c1-5-9-13-16-19-22-25-28-31-35-42(48)51-38-45(46-41(47)34-12-8-4,39-52-43(49)36-32-29-26-23-20-17-14-10-6-2)40-53-44(50)37-33-30-27-24-21-18-15-11-7-3/h4H,5-7,9-40H2,1-3H3,(H,46,47). The summed E-state index contributed by atoms with van der Waals surface area (Å²) in [6.07, 6.45) is 37.1. The van der Waals surface area contributed by atoms with Crippen LogP contribution in [0.3, 0.4) is 0 Å². The molecule has 0 fully saturated rings. The van der Waals surface area contributed by atoms with E-state index in [0.29, 0.717) is 0 Å². The SMILES string of the molecule is C#CCCC(=O)NC(COC(=O)CCCCCCCCCCC)(COC(=O)CCCCCCCCCCC)COC(=O)CCCCCCCCCCC. The normalized spacial score (nSPS) is 11.2. The third-order valence-corrected chi connectivity index (χ3v) is 9.88. The molecule has 0 heterocycles. The first-order chi connectivity index (χ1) is 25.8. The molecule has 0 unspecified atom stereocenters. The Morgan fingerprint density at radius 3 is 0.962 bits per heavy atom. The summed E-state index contributed by atoms with van der Waals surface area (Å²) in [6.45, 7) is 5.82. The number of hydrogen-bond acceptors (Lipinski definition) is 7. The van der Waals surface area contributed by atoms with Crippen molar-refractivity contribution in [1.82, 2.24) is 5.32 Å². The average Bonchev–Trinajstić information content (AvgIpc) is 3.15. The lowest BCUT2D eigenvalue weighted by molar-refractivity contribution is -0.159. The third-order valence-electron chi connectivity index (χ3n) is 9.88. The fourth-order valence-electron chi connectivity index (χ4n) is 6.39. The van der Waals surface area contributed by atoms with Gasteiger partial charge in [0.2, 0.25) is 5.91 Å². The van der Waals surface area contributed by atoms with Gasteiger partial charge in [-0.2, -0.15) is 0 Å². The maximum absolute atomic E-state index is 13.0. The molecule has 0 aromatic heterocycles. The van der Waals surface area contributed by atoms with Crippen LogP contribution in [0.1, 0.15) is 226 Å². The second-order valence-corrected chi connectivity index (χ2v) is 15.2. The topological polar surface area (TPSA) is 108 Å². The molecule has 0 atom stereocenters. The van der Waals surface area contributed by atoms with Crippen LogP contribution in [0.4, 0.5) is 0 Å². The Labute approximate surface area is 325 Å². The molecule has 1 N–H and O–H groups in total. The van der Waals surface area contributed by atoms with E-state index in [-0.39, 0.29) is 57.8 Å². The third kappa shape index (κ3) is 33.7. The van der Waals surface area contributed by atoms with Crippen LogP contribution >= 0.6 is 0 Å². The van der Waals surface area contributed by atoms with E-state index in [2.05, 4.69) is 32.0 Å². The van der Waals surface area contributed by atoms with Gasteiger partial charge in [-0.15, -0.1) is 12.3 Å². The summed E-state index contributed by atoms with van der Waals surface area (Å²) >= 11 is 0. The molecule has 0 rings (SSSR count). The van der Waals surface area contributed by atoms with Crippen molar-refractivity contribution in [1.29, 1.82) is 0 Å². The van der Waals surface area contributed by atoms with Crippen LogP contribution in [0.25, 0.3) is 0 Å². The molecular weight excluding hydrogens is 666 g/mol. The molecule has 308 valence electrons. The van der Waals surface area contributed by atoms with Crippen molar-refractivity contribution in [3.05, 3.63) is 0 Å². The number of amides is 1. The van der Waals surface area contributed by atoms with Gasteiger partial charge in [-0.05, 0) is 19.3 Å². The van der Waals surface area contributed by atoms with Crippen LogP contribution < -0.4 is 5.32 Å². The summed E-state index contributed by atoms with van der Waals surface area (Å²) < 4.78 is 17.1. The number of carbonyl (C=O) groups excluding carboxylic acids is 4. The highest BCUT2D eigenvalue weighted by Gasteiger charge is 2.37. The molecule has 0 aliphatic heterocycles. The highest BCUT2D eigenvalue weighted by molar-refractivity contribution is 5.77. The van der Waals surface area contributed by atoms with Crippen molar-refractivity contribution in [3.63, 3.8) is 0 Å². The lowest BCUT2D eigenvalue weighted by atomic mass is 10.0. The van der Waals surface area contributed by atoms with Gasteiger partial charge in [0.1, 0.15) is 25.4 Å². The number of nitrogens with one attached hydrogen (secondary N) is 1. The molecule has 0 saturated heterocycles. The van der Waals surface area contributed by atoms with Crippen molar-refractivity contribution in [2.75, 3.05) is 19.8 Å². The zero-order valence-electron chi connectivity index (χ0n) is 34.7. The predicted octanol–water partition coefficient (Wildman–Crippen LogP) is 11.6. The molecule has 8 nitrogen and oxygen atoms in total. The minimum atomic E-state index is -1.41. The number of hydrogen-bond donors (Lipinski definition) is 1. The number of unbranched alkanes of at least 4 members (excludes halogenated alkanes) is 24. The Balaban J connectivity index is 5.22. The van der Waals surface area contributed by atoms with E-state index in [0.717, 1.165) is 57.8 Å². The number of carbonyl (C=O) groups is 4. The molecule has 0 aliphatic carbocycles. The zero-order chi connectivity index (χ0) is 39.1. The molecule has 0 radical (unpaired) electrons. The van der Waals surface area contributed by atoms with Crippen LogP contribution in [-0.2, 0) is 33.4 Å². The van der Waals surface area contributed by atoms with Gasteiger partial charge in [-0.25, -0.2) is 0 Å². The molecule has 53 heavy (non-hydrogen) atoms. The molecule has 0 aliphatic rings. The van der Waals surface area contributed by atoms with Gasteiger partial charge in [0.05, 0.1) is 0 Å². The fourth-order valence-corrected chi connectivity index (χ4v) is 6.39. The van der Waals surface area contributed by atoms with Crippen molar-refractivity contribution in [3.8, 4) is 12.3 Å². The Morgan fingerprint density at radius 2 is 0.698 bits per heavy atom. The lowest BCUT2D eigenvalue weighted by Crippen LogP contribution is -2.59. The highest BCUT2D eigenvalue weighted by Crippen LogP contribution is 2.17. The maximum atomic E-state index is 13.0. The van der Waals surface area contributed by atoms with E-state index in [1.165, 1.54) is 116 Å². The second kappa shape index (κ2) is 37.7. The summed E-state index contributed by atoms with van der Waals surface area (Å²) in [4.78, 5) is 51.6. The Hall–Kier alpha value is -2.56. The average molecular weight is 748 g/mol. The van der Waals surface area contributed by atoms with Gasteiger partial charge in [0, 0.05) is 32.1 Å². The second-order valence-electron chi connectivity index (χ2n) is 15.2. The van der Waals surface area contributed by atoms with E-state index in [1.54, 1.807) is 0 Å². The summed E-state index contributed by atoms with van der Waals surface area (Å²) in [7, 11) is 0. The molecular formula is C45H81NO7. The maximum Gasteiger partial charge on any atom is 0.305 e. The number of rotatable bonds is 39. The van der Waals surface area contributed by atoms with Crippen LogP contribution in [0.5, 0.6) is 0 Å². The summed E-state index contributed by atoms with van der Waals surface area (Å²) in [5.41, 5.74) is -1.41. The first kappa shape index (κ1) is 50.4. The molecule has 0 saturated carbocycles. The minimum absolute atomic E-state index is 0.0451. The number of terminal acetylenes is 1. The number of ether oxygens (including phenoxy) is 3. The predicted molar refractivity (Wildman–Crippen MR) is 217 cm³/mol. The van der Waals surface area contributed by atoms with Gasteiger partial charge < -0.3 is 19.5 Å². The van der Waals surface area contributed by atoms with E-state index in [1.807, 2.05) is 0 Å². The van der Waals surface area contributed by atoms with Gasteiger partial charge in [0.15, 0.2) is 0 Å². The van der Waals surface area contributed by atoms with Crippen LogP contribution in [-0.4, -0.2) is 49.2 Å². The van der Waals surface area contributed by atoms with Crippen LogP contribution in [0.15, 0.2) is 0 Å². The van der Waals surface area contributed by atoms with Crippen molar-refractivity contribution < 1.29 is 33.4 Å². The van der Waals surface area contributed by atoms with Gasteiger partial charge in [-0.1, -0.05) is 175 Å². The van der Waals surface area contributed by atoms with Gasteiger partial charge in [0.25, 0.3) is 0 Å². The highest BCUT2D eigenvalue weighted by atomic mass is 16.6. The van der Waals surface area contributed by atoms with Crippen LogP contribution in [0.2, 0.25) is 0 Å². The van der Waals surface area contributed by atoms with E-state index in [4.69, 9.17) is 20.6 Å². The lowest BCUT2D eigenvalue weighted by Gasteiger charge is -2.33. The van der Waals surface area contributed by atoms with Gasteiger partial charge in [-0.3, -0.25) is 19.2 Å². The Bertz CT molecular complexity index is 851. The molecule has 0 aromatic rings. The van der Waals surface area contributed by atoms with E-state index < -0.39 is 23.4 Å². The minimum Gasteiger partial charge on any atom is -0.463 e. The summed E-state index contributed by atoms with van der Waals surface area (Å²) in [5, 5.41) is 2.88. The fraction of sp³-hybridized carbons (Fsp3) is 0.867. The quantitative estimate of drug-likeness (QED) is 0.0289.